The third kappa shape index (κ3) is 3.04. The number of carbonyl (C=O) groups excluding carboxylic acids is 4. The minimum absolute atomic E-state index is 0.0193. The summed E-state index contributed by atoms with van der Waals surface area (Å²) in [7, 11) is 0. The van der Waals surface area contributed by atoms with E-state index >= 15 is 0 Å². The summed E-state index contributed by atoms with van der Waals surface area (Å²) >= 11 is 0. The van der Waals surface area contributed by atoms with Crippen LogP contribution in [0.25, 0.3) is 0 Å². The van der Waals surface area contributed by atoms with E-state index in [1.165, 1.54) is 17.8 Å². The van der Waals surface area contributed by atoms with Gasteiger partial charge in [0.25, 0.3) is 5.91 Å². The zero-order valence-corrected chi connectivity index (χ0v) is 14.0. The fraction of sp³-hybridized carbons (Fsp3) is 0.353. The number of amides is 4. The van der Waals surface area contributed by atoms with Gasteiger partial charge in [0.1, 0.15) is 6.04 Å². The highest BCUT2D eigenvalue weighted by molar-refractivity contribution is 6.21. The maximum atomic E-state index is 14.6. The fourth-order valence-corrected chi connectivity index (χ4v) is 3.20. The van der Waals surface area contributed by atoms with Crippen LogP contribution in [0.3, 0.4) is 0 Å². The van der Waals surface area contributed by atoms with Crippen molar-refractivity contribution in [3.05, 3.63) is 24.2 Å². The van der Waals surface area contributed by atoms with Gasteiger partial charge in [-0.1, -0.05) is 0 Å². The number of hydrogen-bond acceptors (Lipinski definition) is 5. The zero-order valence-electron chi connectivity index (χ0n) is 14.0. The summed E-state index contributed by atoms with van der Waals surface area (Å²) in [6, 6.07) is 0.855. The average molecular weight is 361 g/mol. The van der Waals surface area contributed by atoms with E-state index in [4.69, 9.17) is 4.74 Å². The molecule has 136 valence electrons. The van der Waals surface area contributed by atoms with Gasteiger partial charge in [0, 0.05) is 19.5 Å². The van der Waals surface area contributed by atoms with Crippen molar-refractivity contribution in [1.29, 1.82) is 0 Å². The number of nitrogens with one attached hydrogen (secondary N) is 1. The van der Waals surface area contributed by atoms with Crippen LogP contribution in [0.15, 0.2) is 18.4 Å². The Morgan fingerprint density at radius 2 is 2.15 bits per heavy atom. The molecule has 1 aromatic rings. The van der Waals surface area contributed by atoms with Crippen LogP contribution in [0.1, 0.15) is 26.2 Å². The normalized spacial score (nSPS) is 19.1. The number of carbonyl (C=O) groups is 3. The molecule has 3 rings (SSSR count). The Bertz CT molecular complexity index is 810. The number of nitrogens with zero attached hydrogens (tertiary/aromatic N) is 2. The molecule has 0 saturated carbocycles. The average Bonchev–Trinajstić information content (AvgIpc) is 2.86. The Labute approximate surface area is 148 Å². The van der Waals surface area contributed by atoms with Gasteiger partial charge in [-0.25, -0.2) is 18.9 Å². The van der Waals surface area contributed by atoms with Crippen LogP contribution in [-0.4, -0.2) is 41.3 Å². The van der Waals surface area contributed by atoms with E-state index in [-0.39, 0.29) is 17.1 Å². The Morgan fingerprint density at radius 3 is 2.81 bits per heavy atom. The van der Waals surface area contributed by atoms with Crippen LogP contribution in [0.2, 0.25) is 0 Å². The van der Waals surface area contributed by atoms with E-state index in [9.17, 15) is 23.6 Å². The number of hydrogen-bond donors (Lipinski definition) is 1. The van der Waals surface area contributed by atoms with Gasteiger partial charge in [-0.05, 0) is 25.3 Å². The van der Waals surface area contributed by atoms with Crippen LogP contribution in [-0.2, 0) is 14.4 Å². The molecule has 1 unspecified atom stereocenters. The summed E-state index contributed by atoms with van der Waals surface area (Å²) in [6.07, 6.45) is 2.80. The highest BCUT2D eigenvalue weighted by Crippen LogP contribution is 2.37. The SMILES string of the molecule is CC(=O)Nc1cc(N2C(=O)C3CCCCN3C2=O)c(F)cc1OC=C=O. The maximum Gasteiger partial charge on any atom is 0.332 e. The number of halogens is 1. The Hall–Kier alpha value is -3.19. The Kier molecular flexibility index (Phi) is 4.73. The van der Waals surface area contributed by atoms with Gasteiger partial charge >= 0.3 is 6.03 Å². The first-order valence-corrected chi connectivity index (χ1v) is 8.05. The van der Waals surface area contributed by atoms with E-state index < -0.39 is 29.7 Å². The van der Waals surface area contributed by atoms with Crippen molar-refractivity contribution >= 4 is 35.2 Å². The van der Waals surface area contributed by atoms with Crippen molar-refractivity contribution in [2.24, 2.45) is 0 Å². The first-order valence-electron chi connectivity index (χ1n) is 8.05. The molecule has 0 bridgehead atoms. The largest absolute Gasteiger partial charge is 0.451 e. The molecule has 2 fully saturated rings. The molecule has 2 aliphatic rings. The zero-order chi connectivity index (χ0) is 18.8. The molecule has 8 nitrogen and oxygen atoms in total. The number of rotatable bonds is 4. The van der Waals surface area contributed by atoms with Crippen LogP contribution in [0, 0.1) is 5.82 Å². The molecule has 0 spiro atoms. The van der Waals surface area contributed by atoms with E-state index in [1.54, 1.807) is 0 Å². The fourth-order valence-electron chi connectivity index (χ4n) is 3.20. The van der Waals surface area contributed by atoms with Gasteiger partial charge in [-0.2, -0.15) is 0 Å². The number of benzene rings is 1. The van der Waals surface area contributed by atoms with Crippen molar-refractivity contribution in [3.63, 3.8) is 0 Å². The molecule has 0 aliphatic carbocycles. The molecule has 0 radical (unpaired) electrons. The second-order valence-electron chi connectivity index (χ2n) is 6.00. The lowest BCUT2D eigenvalue weighted by atomic mass is 10.0. The van der Waals surface area contributed by atoms with Gasteiger partial charge in [0.15, 0.2) is 23.8 Å². The Morgan fingerprint density at radius 1 is 1.38 bits per heavy atom. The molecule has 1 aromatic carbocycles. The summed E-state index contributed by atoms with van der Waals surface area (Å²) in [5, 5.41) is 2.42. The molecule has 4 amide bonds. The van der Waals surface area contributed by atoms with Crippen molar-refractivity contribution in [1.82, 2.24) is 4.90 Å². The van der Waals surface area contributed by atoms with Crippen LogP contribution in [0.4, 0.5) is 20.6 Å². The summed E-state index contributed by atoms with van der Waals surface area (Å²) in [6.45, 7) is 1.67. The highest BCUT2D eigenvalue weighted by Gasteiger charge is 2.47. The molecular formula is C17H16FN3O5. The van der Waals surface area contributed by atoms with Gasteiger partial charge in [0.05, 0.1) is 11.4 Å². The lowest BCUT2D eigenvalue weighted by molar-refractivity contribution is -0.120. The second-order valence-corrected chi connectivity index (χ2v) is 6.00. The lowest BCUT2D eigenvalue weighted by Crippen LogP contribution is -2.39. The maximum absolute atomic E-state index is 14.6. The van der Waals surface area contributed by atoms with Gasteiger partial charge < -0.3 is 15.0 Å². The van der Waals surface area contributed by atoms with Gasteiger partial charge in [-0.15, -0.1) is 0 Å². The Balaban J connectivity index is 2.04. The quantitative estimate of drug-likeness (QED) is 0.501. The molecule has 26 heavy (non-hydrogen) atoms. The summed E-state index contributed by atoms with van der Waals surface area (Å²) < 4.78 is 19.5. The molecule has 2 heterocycles. The number of urea groups is 1. The first-order chi connectivity index (χ1) is 12.4. The number of anilines is 2. The van der Waals surface area contributed by atoms with E-state index in [0.29, 0.717) is 19.2 Å². The van der Waals surface area contributed by atoms with Crippen molar-refractivity contribution in [3.8, 4) is 5.75 Å². The molecule has 0 aromatic heterocycles. The number of fused-ring (bicyclic) bond motifs is 1. The van der Waals surface area contributed by atoms with Crippen LogP contribution >= 0.6 is 0 Å². The summed E-state index contributed by atoms with van der Waals surface area (Å²) in [5.41, 5.74) is -0.258. The van der Waals surface area contributed by atoms with Crippen LogP contribution in [0.5, 0.6) is 5.75 Å². The molecule has 1 N–H and O–H groups in total. The topological polar surface area (TPSA) is 96.0 Å². The monoisotopic (exact) mass is 361 g/mol. The van der Waals surface area contributed by atoms with Crippen molar-refractivity contribution in [2.45, 2.75) is 32.2 Å². The molecule has 9 heteroatoms. The smallest absolute Gasteiger partial charge is 0.332 e. The lowest BCUT2D eigenvalue weighted by Gasteiger charge is -2.26. The standard InChI is InChI=1S/C17H16FN3O5/c1-10(23)19-12-9-14(11(18)8-15(12)26-7-6-22)21-16(24)13-4-2-3-5-20(13)17(21)25/h7-9,13H,2-5H2,1H3,(H,19,23). The minimum atomic E-state index is -0.894. The van der Waals surface area contributed by atoms with E-state index in [2.05, 4.69) is 5.32 Å². The molecule has 1 atom stereocenters. The number of ether oxygens (including phenoxy) is 1. The van der Waals surface area contributed by atoms with Gasteiger partial charge in [0.2, 0.25) is 5.91 Å². The minimum Gasteiger partial charge on any atom is -0.451 e. The molecule has 2 saturated heterocycles. The summed E-state index contributed by atoms with van der Waals surface area (Å²) in [4.78, 5) is 49.1. The predicted molar refractivity (Wildman–Crippen MR) is 88.8 cm³/mol. The predicted octanol–water partition coefficient (Wildman–Crippen LogP) is 1.83. The van der Waals surface area contributed by atoms with Crippen molar-refractivity contribution < 1.29 is 28.3 Å². The second kappa shape index (κ2) is 6.97. The van der Waals surface area contributed by atoms with Crippen molar-refractivity contribution in [2.75, 3.05) is 16.8 Å². The van der Waals surface area contributed by atoms with E-state index in [0.717, 1.165) is 29.9 Å². The third-order valence-corrected chi connectivity index (χ3v) is 4.28. The van der Waals surface area contributed by atoms with Crippen LogP contribution < -0.4 is 15.0 Å². The highest BCUT2D eigenvalue weighted by atomic mass is 19.1. The number of imide groups is 1. The van der Waals surface area contributed by atoms with E-state index in [1.807, 2.05) is 0 Å². The summed E-state index contributed by atoms with van der Waals surface area (Å²) in [5.74, 6) is -0.638. The molecule has 2 aliphatic heterocycles. The first kappa shape index (κ1) is 17.6. The molecular weight excluding hydrogens is 345 g/mol. The van der Waals surface area contributed by atoms with Gasteiger partial charge in [-0.3, -0.25) is 9.59 Å². The third-order valence-electron chi connectivity index (χ3n) is 4.28. The number of piperidine rings is 1.